The van der Waals surface area contributed by atoms with Gasteiger partial charge in [-0.15, -0.1) is 0 Å². The van der Waals surface area contributed by atoms with Crippen molar-refractivity contribution in [2.45, 2.75) is 6.42 Å². The first-order valence-electron chi connectivity index (χ1n) is 6.49. The maximum absolute atomic E-state index is 12.0. The van der Waals surface area contributed by atoms with Crippen LogP contribution in [0, 0.1) is 5.92 Å². The highest BCUT2D eigenvalue weighted by molar-refractivity contribution is 6.34. The molecule has 6 heteroatoms. The van der Waals surface area contributed by atoms with Crippen LogP contribution < -0.4 is 10.6 Å². The minimum absolute atomic E-state index is 0.0397. The van der Waals surface area contributed by atoms with Crippen LogP contribution in [0.5, 0.6) is 0 Å². The molecule has 0 radical (unpaired) electrons. The zero-order valence-electron chi connectivity index (χ0n) is 11.6. The highest BCUT2D eigenvalue weighted by Gasteiger charge is 2.20. The molecule has 5 nitrogen and oxygen atoms in total. The van der Waals surface area contributed by atoms with Crippen LogP contribution in [-0.4, -0.2) is 43.9 Å². The lowest BCUT2D eigenvalue weighted by molar-refractivity contribution is -0.117. The van der Waals surface area contributed by atoms with Gasteiger partial charge in [0.05, 0.1) is 10.6 Å². The van der Waals surface area contributed by atoms with Crippen molar-refractivity contribution in [2.24, 2.45) is 5.92 Å². The number of carbonyl (C=O) groups is 2. The van der Waals surface area contributed by atoms with Gasteiger partial charge < -0.3 is 15.5 Å². The Balaban J connectivity index is 2.06. The van der Waals surface area contributed by atoms with Gasteiger partial charge >= 0.3 is 0 Å². The third-order valence-corrected chi connectivity index (χ3v) is 3.56. The maximum Gasteiger partial charge on any atom is 0.254 e. The molecule has 1 aliphatic heterocycles. The number of benzene rings is 1. The molecule has 0 aromatic heterocycles. The molecular formula is C14H18ClN3O2. The monoisotopic (exact) mass is 295 g/mol. The molecule has 2 N–H and O–H groups in total. The molecule has 0 aliphatic carbocycles. The molecule has 1 fully saturated rings. The predicted octanol–water partition coefficient (Wildman–Crippen LogP) is 1.59. The summed E-state index contributed by atoms with van der Waals surface area (Å²) in [6.45, 7) is 1.77. The summed E-state index contributed by atoms with van der Waals surface area (Å²) in [5.74, 6) is 0.182. The second-order valence-corrected chi connectivity index (χ2v) is 5.58. The van der Waals surface area contributed by atoms with Gasteiger partial charge in [-0.05, 0) is 37.2 Å². The number of amides is 2. The van der Waals surface area contributed by atoms with Crippen molar-refractivity contribution >= 4 is 29.1 Å². The van der Waals surface area contributed by atoms with E-state index in [1.807, 2.05) is 0 Å². The van der Waals surface area contributed by atoms with Crippen LogP contribution in [0.2, 0.25) is 5.02 Å². The van der Waals surface area contributed by atoms with E-state index in [9.17, 15) is 9.59 Å². The predicted molar refractivity (Wildman–Crippen MR) is 79.1 cm³/mol. The highest BCUT2D eigenvalue weighted by Crippen LogP contribution is 2.22. The molecule has 2 rings (SSSR count). The number of hydrogen-bond acceptors (Lipinski definition) is 3. The number of nitrogens with one attached hydrogen (secondary N) is 2. The van der Waals surface area contributed by atoms with Crippen LogP contribution in [-0.2, 0) is 4.79 Å². The van der Waals surface area contributed by atoms with Crippen molar-refractivity contribution in [1.29, 1.82) is 0 Å². The van der Waals surface area contributed by atoms with Crippen LogP contribution in [0.15, 0.2) is 18.2 Å². The first-order chi connectivity index (χ1) is 9.47. The Morgan fingerprint density at radius 2 is 2.10 bits per heavy atom. The summed E-state index contributed by atoms with van der Waals surface area (Å²) in [5.41, 5.74) is 0.983. The van der Waals surface area contributed by atoms with E-state index in [1.54, 1.807) is 32.3 Å². The average Bonchev–Trinajstić information content (AvgIpc) is 2.35. The summed E-state index contributed by atoms with van der Waals surface area (Å²) in [7, 11) is 3.32. The Kier molecular flexibility index (Phi) is 4.62. The molecule has 20 heavy (non-hydrogen) atoms. The molecule has 0 saturated carbocycles. The number of halogens is 1. The molecular weight excluding hydrogens is 278 g/mol. The van der Waals surface area contributed by atoms with Crippen molar-refractivity contribution in [3.63, 3.8) is 0 Å². The van der Waals surface area contributed by atoms with Gasteiger partial charge in [-0.1, -0.05) is 11.6 Å². The zero-order chi connectivity index (χ0) is 14.7. The summed E-state index contributed by atoms with van der Waals surface area (Å²) in [5, 5.41) is 6.31. The van der Waals surface area contributed by atoms with Gasteiger partial charge in [-0.2, -0.15) is 0 Å². The van der Waals surface area contributed by atoms with Gasteiger partial charge in [-0.25, -0.2) is 0 Å². The fourth-order valence-corrected chi connectivity index (χ4v) is 2.17. The van der Waals surface area contributed by atoms with Crippen molar-refractivity contribution in [2.75, 3.05) is 32.5 Å². The highest BCUT2D eigenvalue weighted by atomic mass is 35.5. The standard InChI is InChI=1S/C14H18ClN3O2/c1-18(2)14(20)11-6-10(3-4-12(11)15)17-13(19)5-9-7-16-8-9/h3-4,6,9,16H,5,7-8H2,1-2H3,(H,17,19). The molecule has 1 heterocycles. The van der Waals surface area contributed by atoms with E-state index in [-0.39, 0.29) is 11.8 Å². The molecule has 0 spiro atoms. The van der Waals surface area contributed by atoms with E-state index >= 15 is 0 Å². The van der Waals surface area contributed by atoms with Crippen molar-refractivity contribution in [1.82, 2.24) is 10.2 Å². The molecule has 108 valence electrons. The number of hydrogen-bond donors (Lipinski definition) is 2. The van der Waals surface area contributed by atoms with Crippen molar-refractivity contribution in [3.05, 3.63) is 28.8 Å². The smallest absolute Gasteiger partial charge is 0.254 e. The van der Waals surface area contributed by atoms with Gasteiger partial charge in [0.2, 0.25) is 5.91 Å². The average molecular weight is 296 g/mol. The SMILES string of the molecule is CN(C)C(=O)c1cc(NC(=O)CC2CNC2)ccc1Cl. The first kappa shape index (κ1) is 14.8. The molecule has 0 bridgehead atoms. The van der Waals surface area contributed by atoms with Crippen molar-refractivity contribution < 1.29 is 9.59 Å². The van der Waals surface area contributed by atoms with Crippen LogP contribution in [0.4, 0.5) is 5.69 Å². The van der Waals surface area contributed by atoms with Crippen LogP contribution in [0.25, 0.3) is 0 Å². The van der Waals surface area contributed by atoms with E-state index in [0.29, 0.717) is 28.6 Å². The van der Waals surface area contributed by atoms with E-state index < -0.39 is 0 Å². The second kappa shape index (κ2) is 6.24. The Morgan fingerprint density at radius 3 is 2.65 bits per heavy atom. The lowest BCUT2D eigenvalue weighted by Gasteiger charge is -2.26. The third-order valence-electron chi connectivity index (χ3n) is 3.23. The third kappa shape index (κ3) is 3.49. The molecule has 0 atom stereocenters. The van der Waals surface area contributed by atoms with Gasteiger partial charge in [0.15, 0.2) is 0 Å². The zero-order valence-corrected chi connectivity index (χ0v) is 12.3. The Morgan fingerprint density at radius 1 is 1.40 bits per heavy atom. The van der Waals surface area contributed by atoms with Gasteiger partial charge in [0, 0.05) is 26.2 Å². The summed E-state index contributed by atoms with van der Waals surface area (Å²) in [6.07, 6.45) is 0.493. The normalized spacial score (nSPS) is 14.6. The molecule has 1 aromatic rings. The molecule has 2 amide bonds. The van der Waals surface area contributed by atoms with E-state index in [4.69, 9.17) is 11.6 Å². The molecule has 1 aliphatic rings. The van der Waals surface area contributed by atoms with Crippen LogP contribution in [0.3, 0.4) is 0 Å². The fraction of sp³-hybridized carbons (Fsp3) is 0.429. The van der Waals surface area contributed by atoms with Gasteiger partial charge in [-0.3, -0.25) is 9.59 Å². The lowest BCUT2D eigenvalue weighted by Crippen LogP contribution is -2.43. The van der Waals surface area contributed by atoms with E-state index in [1.165, 1.54) is 4.90 Å². The van der Waals surface area contributed by atoms with E-state index in [2.05, 4.69) is 10.6 Å². The number of anilines is 1. The summed E-state index contributed by atoms with van der Waals surface area (Å²) in [6, 6.07) is 4.94. The molecule has 0 unspecified atom stereocenters. The minimum atomic E-state index is -0.186. The number of nitrogens with zero attached hydrogens (tertiary/aromatic N) is 1. The number of rotatable bonds is 4. The van der Waals surface area contributed by atoms with Gasteiger partial charge in [0.1, 0.15) is 0 Å². The second-order valence-electron chi connectivity index (χ2n) is 5.17. The Hall–Kier alpha value is -1.59. The lowest BCUT2D eigenvalue weighted by atomic mass is 9.99. The van der Waals surface area contributed by atoms with Gasteiger partial charge in [0.25, 0.3) is 5.91 Å². The summed E-state index contributed by atoms with van der Waals surface area (Å²) < 4.78 is 0. The Labute approximate surface area is 123 Å². The van der Waals surface area contributed by atoms with E-state index in [0.717, 1.165) is 13.1 Å². The first-order valence-corrected chi connectivity index (χ1v) is 6.87. The topological polar surface area (TPSA) is 61.4 Å². The molecule has 1 aromatic carbocycles. The summed E-state index contributed by atoms with van der Waals surface area (Å²) in [4.78, 5) is 25.3. The van der Waals surface area contributed by atoms with Crippen LogP contribution >= 0.6 is 11.6 Å². The largest absolute Gasteiger partial charge is 0.345 e. The fourth-order valence-electron chi connectivity index (χ4n) is 1.97. The van der Waals surface area contributed by atoms with Crippen molar-refractivity contribution in [3.8, 4) is 0 Å². The Bertz CT molecular complexity index is 527. The van der Waals surface area contributed by atoms with Crippen LogP contribution in [0.1, 0.15) is 16.8 Å². The maximum atomic E-state index is 12.0. The quantitative estimate of drug-likeness (QED) is 0.887. The summed E-state index contributed by atoms with van der Waals surface area (Å²) >= 11 is 6.02. The molecule has 1 saturated heterocycles. The minimum Gasteiger partial charge on any atom is -0.345 e. The number of carbonyl (C=O) groups excluding carboxylic acids is 2.